The molecule has 1 saturated heterocycles. The van der Waals surface area contributed by atoms with Gasteiger partial charge in [-0.3, -0.25) is 0 Å². The zero-order valence-electron chi connectivity index (χ0n) is 14.7. The fraction of sp³-hybridized carbons (Fsp3) is 0.625. The molecule has 8 heteroatoms. The first-order valence-corrected chi connectivity index (χ1v) is 9.05. The van der Waals surface area contributed by atoms with Crippen LogP contribution in [-0.4, -0.2) is 52.6 Å². The normalized spacial score (nSPS) is 15.2. The fourth-order valence-corrected chi connectivity index (χ4v) is 3.79. The van der Waals surface area contributed by atoms with Crippen LogP contribution < -0.4 is 9.80 Å². The highest BCUT2D eigenvalue weighted by Gasteiger charge is 2.23. The first-order valence-electron chi connectivity index (χ1n) is 8.28. The summed E-state index contributed by atoms with van der Waals surface area (Å²) in [6.07, 6.45) is 0.957. The molecule has 1 fully saturated rings. The summed E-state index contributed by atoms with van der Waals surface area (Å²) in [5, 5.41) is 0.979. The van der Waals surface area contributed by atoms with Crippen LogP contribution in [0.1, 0.15) is 29.8 Å². The highest BCUT2D eigenvalue weighted by molar-refractivity contribution is 7.09. The summed E-state index contributed by atoms with van der Waals surface area (Å²) in [5.41, 5.74) is 2.35. The Balaban J connectivity index is 1.71. The maximum Gasteiger partial charge on any atom is 0.205 e. The van der Waals surface area contributed by atoms with E-state index in [2.05, 4.69) is 38.0 Å². The van der Waals surface area contributed by atoms with Crippen molar-refractivity contribution in [3.05, 3.63) is 22.9 Å². The van der Waals surface area contributed by atoms with Crippen LogP contribution in [0, 0.1) is 13.8 Å². The van der Waals surface area contributed by atoms with Crippen molar-refractivity contribution in [2.75, 3.05) is 43.1 Å². The Morgan fingerprint density at radius 1 is 1.04 bits per heavy atom. The highest BCUT2D eigenvalue weighted by atomic mass is 32.1. The third-order valence-corrected chi connectivity index (χ3v) is 5.05. The maximum atomic E-state index is 5.09. The summed E-state index contributed by atoms with van der Waals surface area (Å²) in [5.74, 6) is 2.70. The zero-order valence-corrected chi connectivity index (χ0v) is 15.6. The van der Waals surface area contributed by atoms with Crippen LogP contribution in [0.2, 0.25) is 0 Å². The smallest absolute Gasteiger partial charge is 0.205 e. The average Bonchev–Trinajstić information content (AvgIpc) is 3.03. The van der Waals surface area contributed by atoms with E-state index < -0.39 is 0 Å². The summed E-state index contributed by atoms with van der Waals surface area (Å²) < 4.78 is 9.43. The number of methoxy groups -OCH3 is 1. The molecular formula is C16H24N6OS. The van der Waals surface area contributed by atoms with Gasteiger partial charge >= 0.3 is 0 Å². The molecule has 7 nitrogen and oxygen atoms in total. The lowest BCUT2D eigenvalue weighted by Crippen LogP contribution is -2.47. The van der Waals surface area contributed by atoms with Crippen molar-refractivity contribution in [1.82, 2.24) is 19.3 Å². The second-order valence-corrected chi connectivity index (χ2v) is 6.64. The first-order chi connectivity index (χ1) is 11.6. The van der Waals surface area contributed by atoms with Crippen molar-refractivity contribution < 1.29 is 4.74 Å². The molecule has 2 aromatic rings. The van der Waals surface area contributed by atoms with Gasteiger partial charge in [-0.15, -0.1) is 0 Å². The third-order valence-electron chi connectivity index (χ3n) is 4.24. The van der Waals surface area contributed by atoms with Gasteiger partial charge in [0.25, 0.3) is 0 Å². The predicted octanol–water partition coefficient (Wildman–Crippen LogP) is 1.98. The molecule has 0 radical (unpaired) electrons. The van der Waals surface area contributed by atoms with Gasteiger partial charge in [-0.25, -0.2) is 15.0 Å². The van der Waals surface area contributed by atoms with Gasteiger partial charge in [-0.2, -0.15) is 4.37 Å². The van der Waals surface area contributed by atoms with Crippen LogP contribution in [0.25, 0.3) is 0 Å². The summed E-state index contributed by atoms with van der Waals surface area (Å²) in [7, 11) is 1.66. The molecular weight excluding hydrogens is 324 g/mol. The molecule has 0 bridgehead atoms. The van der Waals surface area contributed by atoms with Crippen LogP contribution in [-0.2, 0) is 17.8 Å². The van der Waals surface area contributed by atoms with E-state index in [1.165, 1.54) is 17.1 Å². The summed E-state index contributed by atoms with van der Waals surface area (Å²) in [4.78, 5) is 18.4. The SMILES string of the molecule is CCc1c(C)nc(C)nc1N1CCN(c2nc(COC)ns2)CC1. The van der Waals surface area contributed by atoms with Gasteiger partial charge in [0.2, 0.25) is 5.13 Å². The number of hydrogen-bond donors (Lipinski definition) is 0. The molecule has 0 unspecified atom stereocenters. The van der Waals surface area contributed by atoms with Crippen LogP contribution in [0.15, 0.2) is 0 Å². The van der Waals surface area contributed by atoms with E-state index in [4.69, 9.17) is 9.72 Å². The lowest BCUT2D eigenvalue weighted by molar-refractivity contribution is 0.179. The highest BCUT2D eigenvalue weighted by Crippen LogP contribution is 2.25. The molecule has 0 saturated carbocycles. The van der Waals surface area contributed by atoms with Crippen molar-refractivity contribution in [3.8, 4) is 0 Å². The van der Waals surface area contributed by atoms with Crippen LogP contribution in [0.3, 0.4) is 0 Å². The number of aromatic nitrogens is 4. The summed E-state index contributed by atoms with van der Waals surface area (Å²) in [6.45, 7) is 10.4. The minimum atomic E-state index is 0.468. The second kappa shape index (κ2) is 7.40. The van der Waals surface area contributed by atoms with Crippen LogP contribution in [0.5, 0.6) is 0 Å². The van der Waals surface area contributed by atoms with Crippen molar-refractivity contribution in [3.63, 3.8) is 0 Å². The topological polar surface area (TPSA) is 67.3 Å². The number of piperazine rings is 1. The third kappa shape index (κ3) is 3.49. The predicted molar refractivity (Wildman–Crippen MR) is 95.9 cm³/mol. The van der Waals surface area contributed by atoms with Gasteiger partial charge < -0.3 is 14.5 Å². The first kappa shape index (κ1) is 17.0. The molecule has 0 aromatic carbocycles. The number of aryl methyl sites for hydroxylation is 2. The molecule has 0 amide bonds. The number of nitrogens with zero attached hydrogens (tertiary/aromatic N) is 6. The standard InChI is InChI=1S/C16H24N6OS/c1-5-13-11(2)17-12(3)18-15(13)21-6-8-22(9-7-21)16-19-14(10-23-4)20-24-16/h5-10H2,1-4H3. The average molecular weight is 348 g/mol. The van der Waals surface area contributed by atoms with E-state index in [0.29, 0.717) is 6.61 Å². The van der Waals surface area contributed by atoms with E-state index in [1.54, 1.807) is 7.11 Å². The number of hydrogen-bond acceptors (Lipinski definition) is 8. The molecule has 0 N–H and O–H groups in total. The molecule has 1 aliphatic rings. The molecule has 0 spiro atoms. The van der Waals surface area contributed by atoms with Gasteiger partial charge in [0, 0.05) is 56.1 Å². The largest absolute Gasteiger partial charge is 0.377 e. The molecule has 130 valence electrons. The number of rotatable bonds is 5. The molecule has 0 aliphatic carbocycles. The maximum absolute atomic E-state index is 5.09. The van der Waals surface area contributed by atoms with Gasteiger partial charge in [0.05, 0.1) is 0 Å². The zero-order chi connectivity index (χ0) is 17.1. The lowest BCUT2D eigenvalue weighted by Gasteiger charge is -2.36. The van der Waals surface area contributed by atoms with Gasteiger partial charge in [0.1, 0.15) is 18.2 Å². The minimum absolute atomic E-state index is 0.468. The van der Waals surface area contributed by atoms with Gasteiger partial charge in [-0.1, -0.05) is 6.92 Å². The molecule has 2 aromatic heterocycles. The molecule has 24 heavy (non-hydrogen) atoms. The Morgan fingerprint density at radius 2 is 1.75 bits per heavy atom. The van der Waals surface area contributed by atoms with Gasteiger partial charge in [-0.05, 0) is 20.3 Å². The van der Waals surface area contributed by atoms with Crippen molar-refractivity contribution in [1.29, 1.82) is 0 Å². The summed E-state index contributed by atoms with van der Waals surface area (Å²) in [6, 6.07) is 0. The van der Waals surface area contributed by atoms with E-state index in [0.717, 1.165) is 60.9 Å². The quantitative estimate of drug-likeness (QED) is 0.818. The van der Waals surface area contributed by atoms with E-state index in [9.17, 15) is 0 Å². The van der Waals surface area contributed by atoms with Crippen molar-refractivity contribution in [2.45, 2.75) is 33.8 Å². The number of ether oxygens (including phenoxy) is 1. The Labute approximate surface area is 146 Å². The Hall–Kier alpha value is -1.80. The fourth-order valence-electron chi connectivity index (χ4n) is 3.06. The lowest BCUT2D eigenvalue weighted by atomic mass is 10.1. The number of anilines is 2. The van der Waals surface area contributed by atoms with E-state index in [-0.39, 0.29) is 0 Å². The Morgan fingerprint density at radius 3 is 2.42 bits per heavy atom. The molecule has 1 aliphatic heterocycles. The molecule has 0 atom stereocenters. The van der Waals surface area contributed by atoms with E-state index >= 15 is 0 Å². The van der Waals surface area contributed by atoms with E-state index in [1.807, 2.05) is 6.92 Å². The van der Waals surface area contributed by atoms with Crippen molar-refractivity contribution in [2.24, 2.45) is 0 Å². The van der Waals surface area contributed by atoms with Crippen LogP contribution >= 0.6 is 11.5 Å². The van der Waals surface area contributed by atoms with Crippen LogP contribution in [0.4, 0.5) is 10.9 Å². The Kier molecular flexibility index (Phi) is 5.25. The minimum Gasteiger partial charge on any atom is -0.377 e. The molecule has 3 heterocycles. The monoisotopic (exact) mass is 348 g/mol. The van der Waals surface area contributed by atoms with Gasteiger partial charge in [0.15, 0.2) is 5.82 Å². The summed E-state index contributed by atoms with van der Waals surface area (Å²) >= 11 is 1.45. The second-order valence-electron chi connectivity index (χ2n) is 5.91. The van der Waals surface area contributed by atoms with Crippen molar-refractivity contribution >= 4 is 22.5 Å². The molecule has 3 rings (SSSR count). The Bertz CT molecular complexity index is 696.